The summed E-state index contributed by atoms with van der Waals surface area (Å²) in [5, 5.41) is 11.5. The molecule has 0 saturated heterocycles. The summed E-state index contributed by atoms with van der Waals surface area (Å²) in [6.07, 6.45) is -1.23. The third-order valence-electron chi connectivity index (χ3n) is 1.98. The second-order valence-electron chi connectivity index (χ2n) is 3.22. The number of halogens is 2. The highest BCUT2D eigenvalue weighted by Gasteiger charge is 2.11. The standard InChI is InChI=1S/C10H12ClFN2O2/c11-7-3-6(1-2-8(7)12)5-14-10(16)9(15)4-13/h1-3,9,15H,4-5,13H2,(H,14,16). The first kappa shape index (κ1) is 12.9. The lowest BCUT2D eigenvalue weighted by atomic mass is 10.2. The fraction of sp³-hybridized carbons (Fsp3) is 0.300. The molecule has 0 fully saturated rings. The molecule has 6 heteroatoms. The summed E-state index contributed by atoms with van der Waals surface area (Å²) in [6.45, 7) is 0.0197. The maximum Gasteiger partial charge on any atom is 0.250 e. The van der Waals surface area contributed by atoms with Crippen LogP contribution in [0, 0.1) is 5.82 Å². The van der Waals surface area contributed by atoms with Gasteiger partial charge in [0.15, 0.2) is 0 Å². The van der Waals surface area contributed by atoms with Crippen LogP contribution in [0.15, 0.2) is 18.2 Å². The van der Waals surface area contributed by atoms with E-state index in [2.05, 4.69) is 5.32 Å². The van der Waals surface area contributed by atoms with E-state index in [0.29, 0.717) is 5.56 Å². The normalized spacial score (nSPS) is 12.2. The monoisotopic (exact) mass is 246 g/mol. The van der Waals surface area contributed by atoms with Crippen LogP contribution in [0.3, 0.4) is 0 Å². The maximum absolute atomic E-state index is 12.8. The van der Waals surface area contributed by atoms with Crippen molar-refractivity contribution in [3.05, 3.63) is 34.6 Å². The Morgan fingerprint density at radius 2 is 2.31 bits per heavy atom. The highest BCUT2D eigenvalue weighted by Crippen LogP contribution is 2.15. The van der Waals surface area contributed by atoms with Gasteiger partial charge < -0.3 is 16.2 Å². The van der Waals surface area contributed by atoms with Gasteiger partial charge in [0.25, 0.3) is 0 Å². The second kappa shape index (κ2) is 5.79. The van der Waals surface area contributed by atoms with Gasteiger partial charge in [0, 0.05) is 13.1 Å². The Balaban J connectivity index is 2.55. The van der Waals surface area contributed by atoms with Gasteiger partial charge in [-0.3, -0.25) is 4.79 Å². The number of benzene rings is 1. The Hall–Kier alpha value is -1.17. The second-order valence-corrected chi connectivity index (χ2v) is 3.62. The summed E-state index contributed by atoms with van der Waals surface area (Å²) < 4.78 is 12.8. The Morgan fingerprint density at radius 3 is 2.88 bits per heavy atom. The van der Waals surface area contributed by atoms with Crippen LogP contribution in [-0.4, -0.2) is 23.7 Å². The smallest absolute Gasteiger partial charge is 0.250 e. The van der Waals surface area contributed by atoms with Gasteiger partial charge >= 0.3 is 0 Å². The van der Waals surface area contributed by atoms with Gasteiger partial charge in [-0.15, -0.1) is 0 Å². The number of rotatable bonds is 4. The largest absolute Gasteiger partial charge is 0.382 e. The van der Waals surface area contributed by atoms with Crippen LogP contribution in [0.2, 0.25) is 5.02 Å². The maximum atomic E-state index is 12.8. The molecule has 0 aliphatic carbocycles. The molecule has 1 rings (SSSR count). The summed E-state index contributed by atoms with van der Waals surface area (Å²) >= 11 is 5.56. The number of carbonyl (C=O) groups is 1. The third-order valence-corrected chi connectivity index (χ3v) is 2.27. The Bertz CT molecular complexity index is 387. The van der Waals surface area contributed by atoms with Crippen LogP contribution in [0.1, 0.15) is 5.56 Å². The fourth-order valence-electron chi connectivity index (χ4n) is 1.06. The van der Waals surface area contributed by atoms with Gasteiger partial charge in [0.2, 0.25) is 5.91 Å². The highest BCUT2D eigenvalue weighted by atomic mass is 35.5. The minimum absolute atomic E-state index is 0.00822. The van der Waals surface area contributed by atoms with E-state index >= 15 is 0 Å². The zero-order valence-corrected chi connectivity index (χ0v) is 9.17. The minimum atomic E-state index is -1.23. The molecule has 0 saturated carbocycles. The van der Waals surface area contributed by atoms with Crippen molar-refractivity contribution in [2.75, 3.05) is 6.54 Å². The van der Waals surface area contributed by atoms with Crippen molar-refractivity contribution in [3.63, 3.8) is 0 Å². The molecule has 0 spiro atoms. The molecular formula is C10H12ClFN2O2. The number of aliphatic hydroxyl groups is 1. The summed E-state index contributed by atoms with van der Waals surface area (Å²) in [4.78, 5) is 11.2. The van der Waals surface area contributed by atoms with Crippen molar-refractivity contribution in [1.29, 1.82) is 0 Å². The Kier molecular flexibility index (Phi) is 4.67. The van der Waals surface area contributed by atoms with E-state index in [1.807, 2.05) is 0 Å². The molecule has 1 atom stereocenters. The summed E-state index contributed by atoms with van der Waals surface area (Å²) in [5.41, 5.74) is 5.75. The minimum Gasteiger partial charge on any atom is -0.382 e. The van der Waals surface area contributed by atoms with Crippen molar-refractivity contribution in [2.24, 2.45) is 5.73 Å². The van der Waals surface area contributed by atoms with Crippen molar-refractivity contribution in [3.8, 4) is 0 Å². The Labute approximate surface area is 97.2 Å². The predicted molar refractivity (Wildman–Crippen MR) is 58.3 cm³/mol. The van der Waals surface area contributed by atoms with Crippen LogP contribution >= 0.6 is 11.6 Å². The third kappa shape index (κ3) is 3.44. The van der Waals surface area contributed by atoms with Gasteiger partial charge in [-0.2, -0.15) is 0 Å². The first-order valence-corrected chi connectivity index (χ1v) is 5.02. The zero-order chi connectivity index (χ0) is 12.1. The topological polar surface area (TPSA) is 75.3 Å². The van der Waals surface area contributed by atoms with Crippen molar-refractivity contribution in [1.82, 2.24) is 5.32 Å². The number of nitrogens with one attached hydrogen (secondary N) is 1. The number of carbonyl (C=O) groups excluding carboxylic acids is 1. The van der Waals surface area contributed by atoms with Crippen molar-refractivity contribution in [2.45, 2.75) is 12.6 Å². The van der Waals surface area contributed by atoms with E-state index < -0.39 is 17.8 Å². The Morgan fingerprint density at radius 1 is 1.62 bits per heavy atom. The lowest BCUT2D eigenvalue weighted by Crippen LogP contribution is -2.38. The average molecular weight is 247 g/mol. The molecule has 0 aliphatic heterocycles. The number of amides is 1. The number of aliphatic hydroxyl groups excluding tert-OH is 1. The predicted octanol–water partition coefficient (Wildman–Crippen LogP) is 0.415. The fourth-order valence-corrected chi connectivity index (χ4v) is 1.27. The molecular weight excluding hydrogens is 235 g/mol. The van der Waals surface area contributed by atoms with E-state index in [1.54, 1.807) is 0 Å². The zero-order valence-electron chi connectivity index (χ0n) is 8.41. The molecule has 0 radical (unpaired) electrons. The summed E-state index contributed by atoms with van der Waals surface area (Å²) in [7, 11) is 0. The van der Waals surface area contributed by atoms with Crippen molar-refractivity contribution < 1.29 is 14.3 Å². The first-order valence-electron chi connectivity index (χ1n) is 4.64. The molecule has 0 aromatic heterocycles. The van der Waals surface area contributed by atoms with Crippen LogP contribution in [0.5, 0.6) is 0 Å². The molecule has 88 valence electrons. The molecule has 1 unspecified atom stereocenters. The van der Waals surface area contributed by atoms with Gasteiger partial charge in [-0.05, 0) is 17.7 Å². The molecule has 4 N–H and O–H groups in total. The SMILES string of the molecule is NCC(O)C(=O)NCc1ccc(F)c(Cl)c1. The van der Waals surface area contributed by atoms with E-state index in [0.717, 1.165) is 0 Å². The number of nitrogens with two attached hydrogens (primary N) is 1. The molecule has 0 heterocycles. The van der Waals surface area contributed by atoms with E-state index in [-0.39, 0.29) is 18.1 Å². The number of hydrogen-bond donors (Lipinski definition) is 3. The number of hydrogen-bond acceptors (Lipinski definition) is 3. The molecule has 1 amide bonds. The summed E-state index contributed by atoms with van der Waals surface area (Å²) in [5.74, 6) is -1.08. The molecule has 1 aromatic rings. The van der Waals surface area contributed by atoms with Crippen LogP contribution in [0.4, 0.5) is 4.39 Å². The van der Waals surface area contributed by atoms with Crippen LogP contribution in [0.25, 0.3) is 0 Å². The summed E-state index contributed by atoms with van der Waals surface area (Å²) in [6, 6.07) is 4.12. The lowest BCUT2D eigenvalue weighted by Gasteiger charge is -2.09. The highest BCUT2D eigenvalue weighted by molar-refractivity contribution is 6.30. The van der Waals surface area contributed by atoms with E-state index in [9.17, 15) is 9.18 Å². The van der Waals surface area contributed by atoms with Crippen LogP contribution in [-0.2, 0) is 11.3 Å². The quantitative estimate of drug-likeness (QED) is 0.721. The molecule has 0 bridgehead atoms. The van der Waals surface area contributed by atoms with Gasteiger partial charge in [0.05, 0.1) is 5.02 Å². The van der Waals surface area contributed by atoms with Gasteiger partial charge in [-0.25, -0.2) is 4.39 Å². The molecule has 16 heavy (non-hydrogen) atoms. The van der Waals surface area contributed by atoms with E-state index in [1.165, 1.54) is 18.2 Å². The molecule has 0 aliphatic rings. The van der Waals surface area contributed by atoms with Gasteiger partial charge in [-0.1, -0.05) is 17.7 Å². The lowest BCUT2D eigenvalue weighted by molar-refractivity contribution is -0.128. The molecule has 1 aromatic carbocycles. The van der Waals surface area contributed by atoms with E-state index in [4.69, 9.17) is 22.4 Å². The van der Waals surface area contributed by atoms with Crippen LogP contribution < -0.4 is 11.1 Å². The van der Waals surface area contributed by atoms with Crippen molar-refractivity contribution >= 4 is 17.5 Å². The average Bonchev–Trinajstić information content (AvgIpc) is 2.29. The molecule has 4 nitrogen and oxygen atoms in total. The first-order chi connectivity index (χ1) is 7.54. The van der Waals surface area contributed by atoms with Gasteiger partial charge in [0.1, 0.15) is 11.9 Å².